The number of anilines is 1. The van der Waals surface area contributed by atoms with E-state index >= 15 is 0 Å². The van der Waals surface area contributed by atoms with E-state index in [9.17, 15) is 9.90 Å². The molecule has 9 nitrogen and oxygen atoms in total. The predicted molar refractivity (Wildman–Crippen MR) is 70.2 cm³/mol. The van der Waals surface area contributed by atoms with Crippen LogP contribution in [0.25, 0.3) is 11.3 Å². The summed E-state index contributed by atoms with van der Waals surface area (Å²) in [5.74, 6) is -0.797. The fourth-order valence-corrected chi connectivity index (χ4v) is 1.89. The number of benzene rings is 1. The van der Waals surface area contributed by atoms with E-state index in [0.29, 0.717) is 22.8 Å². The van der Waals surface area contributed by atoms with Crippen molar-refractivity contribution in [2.45, 2.75) is 6.54 Å². The summed E-state index contributed by atoms with van der Waals surface area (Å²) in [6.45, 7) is 0.149. The summed E-state index contributed by atoms with van der Waals surface area (Å²) >= 11 is 0. The average molecular weight is 286 g/mol. The highest BCUT2D eigenvalue weighted by Gasteiger charge is 2.21. The zero-order chi connectivity index (χ0) is 14.8. The van der Waals surface area contributed by atoms with Gasteiger partial charge < -0.3 is 15.4 Å². The molecule has 0 fully saturated rings. The van der Waals surface area contributed by atoms with Crippen LogP contribution in [-0.2, 0) is 6.54 Å². The lowest BCUT2D eigenvalue weighted by atomic mass is 10.1. The molecule has 0 atom stereocenters. The molecule has 0 aliphatic rings. The van der Waals surface area contributed by atoms with Gasteiger partial charge in [0.05, 0.1) is 0 Å². The van der Waals surface area contributed by atoms with Gasteiger partial charge in [0.15, 0.2) is 11.5 Å². The highest BCUT2D eigenvalue weighted by atomic mass is 16.5. The van der Waals surface area contributed by atoms with Crippen molar-refractivity contribution in [1.29, 1.82) is 0 Å². The van der Waals surface area contributed by atoms with Crippen LogP contribution in [0.3, 0.4) is 0 Å². The van der Waals surface area contributed by atoms with Crippen LogP contribution < -0.4 is 5.73 Å². The van der Waals surface area contributed by atoms with Crippen LogP contribution in [0.15, 0.2) is 35.2 Å². The number of nitrogen functional groups attached to an aromatic ring is 1. The minimum Gasteiger partial charge on any atom is -0.476 e. The van der Waals surface area contributed by atoms with E-state index < -0.39 is 5.97 Å². The van der Waals surface area contributed by atoms with Gasteiger partial charge >= 0.3 is 5.97 Å². The minimum absolute atomic E-state index is 0.149. The fourth-order valence-electron chi connectivity index (χ4n) is 1.89. The van der Waals surface area contributed by atoms with Crippen molar-refractivity contribution in [2.75, 3.05) is 5.73 Å². The molecule has 0 unspecified atom stereocenters. The molecule has 2 aromatic heterocycles. The third kappa shape index (κ3) is 2.43. The summed E-state index contributed by atoms with van der Waals surface area (Å²) < 4.78 is 6.05. The Kier molecular flexibility index (Phi) is 3.07. The monoisotopic (exact) mass is 286 g/mol. The van der Waals surface area contributed by atoms with Gasteiger partial charge in [-0.3, -0.25) is 0 Å². The van der Waals surface area contributed by atoms with Crippen molar-refractivity contribution in [3.05, 3.63) is 42.2 Å². The van der Waals surface area contributed by atoms with E-state index in [0.717, 1.165) is 0 Å². The second-order valence-corrected chi connectivity index (χ2v) is 4.22. The average Bonchev–Trinajstić information content (AvgIpc) is 3.10. The first-order valence-corrected chi connectivity index (χ1v) is 5.93. The van der Waals surface area contributed by atoms with Gasteiger partial charge in [0.25, 0.3) is 0 Å². The molecule has 0 spiro atoms. The van der Waals surface area contributed by atoms with Crippen molar-refractivity contribution in [3.8, 4) is 11.3 Å². The van der Waals surface area contributed by atoms with Crippen LogP contribution in [0.5, 0.6) is 0 Å². The summed E-state index contributed by atoms with van der Waals surface area (Å²) in [6.07, 6.45) is 1.19. The normalized spacial score (nSPS) is 10.7. The van der Waals surface area contributed by atoms with E-state index in [1.807, 2.05) is 0 Å². The molecular formula is C12H10N6O3. The molecule has 0 aliphatic heterocycles. The van der Waals surface area contributed by atoms with Crippen LogP contribution in [0.4, 0.5) is 5.69 Å². The number of rotatable bonds is 4. The summed E-state index contributed by atoms with van der Waals surface area (Å²) in [6, 6.07) is 6.75. The van der Waals surface area contributed by atoms with Crippen LogP contribution in [0.2, 0.25) is 0 Å². The topological polar surface area (TPSA) is 133 Å². The first kappa shape index (κ1) is 12.8. The Labute approximate surface area is 118 Å². The van der Waals surface area contributed by atoms with E-state index in [1.165, 1.54) is 11.1 Å². The van der Waals surface area contributed by atoms with Crippen LogP contribution in [0, 0.1) is 0 Å². The maximum Gasteiger partial charge on any atom is 0.358 e. The van der Waals surface area contributed by atoms with Crippen molar-refractivity contribution in [2.24, 2.45) is 0 Å². The lowest BCUT2D eigenvalue weighted by molar-refractivity contribution is 0.0691. The Balaban J connectivity index is 2.08. The SMILES string of the molecule is Nc1ccc(-c2c(C(=O)O)nnn2Cc2ncon2)cc1. The lowest BCUT2D eigenvalue weighted by Crippen LogP contribution is -2.07. The van der Waals surface area contributed by atoms with Gasteiger partial charge in [-0.2, -0.15) is 4.98 Å². The van der Waals surface area contributed by atoms with E-state index in [-0.39, 0.29) is 12.2 Å². The van der Waals surface area contributed by atoms with Crippen LogP contribution >= 0.6 is 0 Å². The standard InChI is InChI=1S/C12H10N6O3/c13-8-3-1-7(2-4-8)11-10(12(19)20)15-17-18(11)5-9-14-6-21-16-9/h1-4,6H,5,13H2,(H,19,20). The van der Waals surface area contributed by atoms with Crippen LogP contribution in [0.1, 0.15) is 16.3 Å². The zero-order valence-electron chi connectivity index (χ0n) is 10.7. The highest BCUT2D eigenvalue weighted by Crippen LogP contribution is 2.23. The summed E-state index contributed by atoms with van der Waals surface area (Å²) in [5, 5.41) is 20.4. The number of hydrogen-bond acceptors (Lipinski definition) is 7. The molecule has 3 aromatic rings. The molecule has 106 valence electrons. The quantitative estimate of drug-likeness (QED) is 0.668. The largest absolute Gasteiger partial charge is 0.476 e. The van der Waals surface area contributed by atoms with Gasteiger partial charge in [0.2, 0.25) is 6.39 Å². The van der Waals surface area contributed by atoms with Crippen molar-refractivity contribution < 1.29 is 14.4 Å². The van der Waals surface area contributed by atoms with E-state index in [4.69, 9.17) is 5.73 Å². The Bertz CT molecular complexity index is 763. The fraction of sp³-hybridized carbons (Fsp3) is 0.0833. The van der Waals surface area contributed by atoms with E-state index in [2.05, 4.69) is 25.0 Å². The van der Waals surface area contributed by atoms with Crippen LogP contribution in [-0.4, -0.2) is 36.2 Å². The van der Waals surface area contributed by atoms with Gasteiger partial charge in [-0.05, 0) is 12.1 Å². The number of aromatic nitrogens is 5. The number of nitrogens with zero attached hydrogens (tertiary/aromatic N) is 5. The minimum atomic E-state index is -1.17. The Morgan fingerprint density at radius 2 is 2.10 bits per heavy atom. The molecular weight excluding hydrogens is 276 g/mol. The molecule has 9 heteroatoms. The number of carboxylic acid groups (broad SMARTS) is 1. The third-order valence-electron chi connectivity index (χ3n) is 2.82. The molecule has 3 rings (SSSR count). The lowest BCUT2D eigenvalue weighted by Gasteiger charge is -2.05. The second-order valence-electron chi connectivity index (χ2n) is 4.22. The van der Waals surface area contributed by atoms with Gasteiger partial charge in [-0.25, -0.2) is 9.48 Å². The predicted octanol–water partition coefficient (Wildman–Crippen LogP) is 0.657. The highest BCUT2D eigenvalue weighted by molar-refractivity contribution is 5.92. The Hall–Kier alpha value is -3.23. The van der Waals surface area contributed by atoms with Gasteiger partial charge in [0, 0.05) is 11.3 Å². The number of hydrogen-bond donors (Lipinski definition) is 2. The van der Waals surface area contributed by atoms with Gasteiger partial charge in [-0.15, -0.1) is 5.10 Å². The number of carbonyl (C=O) groups is 1. The zero-order valence-corrected chi connectivity index (χ0v) is 10.7. The Morgan fingerprint density at radius 1 is 1.33 bits per heavy atom. The van der Waals surface area contributed by atoms with Gasteiger partial charge in [-0.1, -0.05) is 22.5 Å². The summed E-state index contributed by atoms with van der Waals surface area (Å²) in [4.78, 5) is 15.2. The smallest absolute Gasteiger partial charge is 0.358 e. The van der Waals surface area contributed by atoms with Crippen molar-refractivity contribution in [1.82, 2.24) is 25.1 Å². The maximum atomic E-state index is 11.3. The molecule has 3 N–H and O–H groups in total. The second kappa shape index (κ2) is 5.04. The maximum absolute atomic E-state index is 11.3. The molecule has 1 aromatic carbocycles. The number of carboxylic acids is 1. The molecule has 0 amide bonds. The molecule has 21 heavy (non-hydrogen) atoms. The molecule has 0 saturated carbocycles. The van der Waals surface area contributed by atoms with Crippen molar-refractivity contribution in [3.63, 3.8) is 0 Å². The molecule has 2 heterocycles. The molecule has 0 radical (unpaired) electrons. The van der Waals surface area contributed by atoms with E-state index in [1.54, 1.807) is 24.3 Å². The van der Waals surface area contributed by atoms with Gasteiger partial charge in [0.1, 0.15) is 12.2 Å². The first-order valence-electron chi connectivity index (χ1n) is 5.93. The Morgan fingerprint density at radius 3 is 2.71 bits per heavy atom. The molecule has 0 saturated heterocycles. The number of nitrogens with two attached hydrogens (primary N) is 1. The third-order valence-corrected chi connectivity index (χ3v) is 2.82. The first-order chi connectivity index (χ1) is 10.1. The number of aromatic carboxylic acids is 1. The van der Waals surface area contributed by atoms with Crippen molar-refractivity contribution >= 4 is 11.7 Å². The molecule has 0 bridgehead atoms. The molecule has 0 aliphatic carbocycles. The summed E-state index contributed by atoms with van der Waals surface area (Å²) in [5.41, 5.74) is 7.05. The summed E-state index contributed by atoms with van der Waals surface area (Å²) in [7, 11) is 0.